The number of aromatic hydroxyl groups is 1. The number of hydrogen-bond donors (Lipinski definition) is 1. The molecule has 0 amide bonds. The fourth-order valence-corrected chi connectivity index (χ4v) is 2.22. The molecule has 0 fully saturated rings. The average Bonchev–Trinajstić information content (AvgIpc) is 2.35. The van der Waals surface area contributed by atoms with Gasteiger partial charge in [0.15, 0.2) is 0 Å². The molecule has 92 valence electrons. The van der Waals surface area contributed by atoms with Gasteiger partial charge >= 0.3 is 0 Å². The molecule has 0 aliphatic rings. The van der Waals surface area contributed by atoms with Crippen molar-refractivity contribution >= 4 is 57.7 Å². The molecule has 0 saturated heterocycles. The predicted octanol–water partition coefficient (Wildman–Crippen LogP) is 5.05. The number of rotatable bonds is 2. The molecule has 2 nitrogen and oxygen atoms in total. The zero-order chi connectivity index (χ0) is 13.1. The van der Waals surface area contributed by atoms with E-state index in [4.69, 9.17) is 23.2 Å². The zero-order valence-electron chi connectivity index (χ0n) is 9.07. The lowest BCUT2D eigenvalue weighted by Crippen LogP contribution is -1.83. The molecule has 2 rings (SSSR count). The van der Waals surface area contributed by atoms with Gasteiger partial charge in [0.05, 0.1) is 19.3 Å². The van der Waals surface area contributed by atoms with Crippen LogP contribution < -0.4 is 0 Å². The molecule has 0 saturated carbocycles. The van der Waals surface area contributed by atoms with E-state index < -0.39 is 0 Å². The number of benzene rings is 2. The Morgan fingerprint density at radius 3 is 2.67 bits per heavy atom. The highest BCUT2D eigenvalue weighted by Crippen LogP contribution is 2.31. The largest absolute Gasteiger partial charge is 0.507 e. The molecule has 0 aliphatic heterocycles. The van der Waals surface area contributed by atoms with Gasteiger partial charge in [-0.25, -0.2) is 0 Å². The van der Waals surface area contributed by atoms with Crippen LogP contribution in [0.15, 0.2) is 41.4 Å². The summed E-state index contributed by atoms with van der Waals surface area (Å²) >= 11 is 14.0. The summed E-state index contributed by atoms with van der Waals surface area (Å²) in [6.07, 6.45) is 1.68. The van der Waals surface area contributed by atoms with Crippen LogP contribution in [0.5, 0.6) is 5.75 Å². The van der Waals surface area contributed by atoms with Crippen molar-refractivity contribution in [3.63, 3.8) is 0 Å². The molecule has 0 aromatic heterocycles. The van der Waals surface area contributed by atoms with Gasteiger partial charge in [-0.2, -0.15) is 0 Å². The lowest BCUT2D eigenvalue weighted by molar-refractivity contribution is 0.471. The fraction of sp³-hybridized carbons (Fsp3) is 0. The van der Waals surface area contributed by atoms with Crippen LogP contribution in [0.1, 0.15) is 5.56 Å². The van der Waals surface area contributed by atoms with E-state index in [1.165, 1.54) is 0 Å². The lowest BCUT2D eigenvalue weighted by Gasteiger charge is -2.00. The molecule has 0 aliphatic carbocycles. The Kier molecular flexibility index (Phi) is 4.48. The maximum atomic E-state index is 9.42. The van der Waals surface area contributed by atoms with E-state index in [0.29, 0.717) is 15.7 Å². The van der Waals surface area contributed by atoms with Crippen molar-refractivity contribution in [2.45, 2.75) is 0 Å². The predicted molar refractivity (Wildman–Crippen MR) is 84.5 cm³/mol. The van der Waals surface area contributed by atoms with Crippen molar-refractivity contribution in [2.75, 3.05) is 0 Å². The number of aliphatic imine (C=N–C) groups is 1. The summed E-state index contributed by atoms with van der Waals surface area (Å²) in [5.41, 5.74) is 1.50. The summed E-state index contributed by atoms with van der Waals surface area (Å²) in [5.74, 6) is 0.258. The van der Waals surface area contributed by atoms with Gasteiger partial charge in [-0.05, 0) is 58.5 Å². The minimum absolute atomic E-state index is 0.258. The summed E-state index contributed by atoms with van der Waals surface area (Å²) in [5, 5.41) is 10.3. The van der Waals surface area contributed by atoms with Crippen molar-refractivity contribution in [3.05, 3.63) is 55.6 Å². The molecule has 18 heavy (non-hydrogen) atoms. The van der Waals surface area contributed by atoms with E-state index in [9.17, 15) is 5.11 Å². The van der Waals surface area contributed by atoms with E-state index in [0.717, 1.165) is 9.13 Å². The van der Waals surface area contributed by atoms with Crippen LogP contribution in [-0.4, -0.2) is 11.3 Å². The molecule has 0 bridgehead atoms. The van der Waals surface area contributed by atoms with E-state index in [1.54, 1.807) is 36.5 Å². The smallest absolute Gasteiger partial charge is 0.128 e. The van der Waals surface area contributed by atoms with Gasteiger partial charge in [0.25, 0.3) is 0 Å². The molecule has 0 unspecified atom stereocenters. The third kappa shape index (κ3) is 3.16. The first-order valence-corrected chi connectivity index (χ1v) is 6.88. The van der Waals surface area contributed by atoms with Crippen LogP contribution in [0.25, 0.3) is 0 Å². The Labute approximate surface area is 128 Å². The molecule has 0 atom stereocenters. The van der Waals surface area contributed by atoms with E-state index in [2.05, 4.69) is 27.6 Å². The quantitative estimate of drug-likeness (QED) is 0.563. The van der Waals surface area contributed by atoms with Crippen molar-refractivity contribution in [1.82, 2.24) is 0 Å². The molecule has 5 heteroatoms. The van der Waals surface area contributed by atoms with Crippen LogP contribution in [0.4, 0.5) is 5.69 Å². The molecule has 2 aromatic carbocycles. The highest BCUT2D eigenvalue weighted by Gasteiger charge is 2.02. The molecule has 2 aromatic rings. The van der Waals surface area contributed by atoms with Crippen LogP contribution in [-0.2, 0) is 0 Å². The monoisotopic (exact) mass is 391 g/mol. The highest BCUT2D eigenvalue weighted by atomic mass is 127. The number of nitrogens with zero attached hydrogens (tertiary/aromatic N) is 1. The van der Waals surface area contributed by atoms with Crippen molar-refractivity contribution in [1.29, 1.82) is 0 Å². The summed E-state index contributed by atoms with van der Waals surface area (Å²) < 4.78 is 0.772. The van der Waals surface area contributed by atoms with Gasteiger partial charge in [0, 0.05) is 6.21 Å². The van der Waals surface area contributed by atoms with Gasteiger partial charge in [0.1, 0.15) is 5.75 Å². The number of hydrogen-bond acceptors (Lipinski definition) is 2. The number of phenols is 1. The standard InChI is InChI=1S/C13H8Cl2INO/c14-9-2-1-3-11(13(9)15)17-7-8-4-5-12(18)10(16)6-8/h1-7,18H. The second-order valence-electron chi connectivity index (χ2n) is 3.54. The van der Waals surface area contributed by atoms with Gasteiger partial charge < -0.3 is 5.11 Å². The molecule has 0 spiro atoms. The summed E-state index contributed by atoms with van der Waals surface area (Å²) in [6.45, 7) is 0. The third-order valence-corrected chi connectivity index (χ3v) is 3.93. The zero-order valence-corrected chi connectivity index (χ0v) is 12.7. The van der Waals surface area contributed by atoms with Crippen molar-refractivity contribution < 1.29 is 5.11 Å². The molecule has 1 N–H and O–H groups in total. The van der Waals surface area contributed by atoms with Gasteiger partial charge in [-0.15, -0.1) is 0 Å². The Bertz CT molecular complexity index is 614. The van der Waals surface area contributed by atoms with Gasteiger partial charge in [0.2, 0.25) is 0 Å². The highest BCUT2D eigenvalue weighted by molar-refractivity contribution is 14.1. The summed E-state index contributed by atoms with van der Waals surface area (Å²) in [6, 6.07) is 10.5. The lowest BCUT2D eigenvalue weighted by atomic mass is 10.2. The Balaban J connectivity index is 2.30. The molecular weight excluding hydrogens is 384 g/mol. The second kappa shape index (κ2) is 5.91. The second-order valence-corrected chi connectivity index (χ2v) is 5.49. The first-order chi connectivity index (χ1) is 8.58. The average molecular weight is 392 g/mol. The first kappa shape index (κ1) is 13.6. The van der Waals surface area contributed by atoms with Crippen molar-refractivity contribution in [2.24, 2.45) is 4.99 Å². The maximum Gasteiger partial charge on any atom is 0.128 e. The SMILES string of the molecule is Oc1ccc(C=Nc2cccc(Cl)c2Cl)cc1I. The number of phenolic OH excluding ortho intramolecular Hbond substituents is 1. The Morgan fingerprint density at radius 2 is 1.94 bits per heavy atom. The Hall–Kier alpha value is -0.780. The van der Waals surface area contributed by atoms with E-state index in [1.807, 2.05) is 6.07 Å². The van der Waals surface area contributed by atoms with Gasteiger partial charge in [-0.1, -0.05) is 29.3 Å². The van der Waals surface area contributed by atoms with Crippen LogP contribution in [0, 0.1) is 3.57 Å². The minimum atomic E-state index is 0.258. The summed E-state index contributed by atoms with van der Waals surface area (Å²) in [7, 11) is 0. The first-order valence-electron chi connectivity index (χ1n) is 5.04. The Morgan fingerprint density at radius 1 is 1.17 bits per heavy atom. The van der Waals surface area contributed by atoms with Gasteiger partial charge in [-0.3, -0.25) is 4.99 Å². The van der Waals surface area contributed by atoms with E-state index >= 15 is 0 Å². The topological polar surface area (TPSA) is 32.6 Å². The third-order valence-electron chi connectivity index (χ3n) is 2.26. The summed E-state index contributed by atoms with van der Waals surface area (Å²) in [4.78, 5) is 4.28. The minimum Gasteiger partial charge on any atom is -0.507 e. The van der Waals surface area contributed by atoms with E-state index in [-0.39, 0.29) is 5.75 Å². The van der Waals surface area contributed by atoms with Crippen LogP contribution in [0.2, 0.25) is 10.0 Å². The molecule has 0 radical (unpaired) electrons. The fourth-order valence-electron chi connectivity index (χ4n) is 1.34. The van der Waals surface area contributed by atoms with Crippen LogP contribution >= 0.6 is 45.8 Å². The normalized spacial score (nSPS) is 11.1. The van der Waals surface area contributed by atoms with Crippen LogP contribution in [0.3, 0.4) is 0 Å². The molecular formula is C13H8Cl2INO. The molecule has 0 heterocycles. The van der Waals surface area contributed by atoms with Crippen molar-refractivity contribution in [3.8, 4) is 5.75 Å². The maximum absolute atomic E-state index is 9.42. The number of halogens is 3.